The molecule has 0 atom stereocenters. The van der Waals surface area contributed by atoms with Crippen LogP contribution >= 0.6 is 0 Å². The van der Waals surface area contributed by atoms with Gasteiger partial charge in [-0.15, -0.1) is 0 Å². The van der Waals surface area contributed by atoms with Crippen molar-refractivity contribution in [3.8, 4) is 0 Å². The van der Waals surface area contributed by atoms with Gasteiger partial charge in [0.25, 0.3) is 0 Å². The SMILES string of the molecule is O=c1[nH]nc2cc(NCCc3ccccn3)ncn12. The van der Waals surface area contributed by atoms with Gasteiger partial charge in [0.05, 0.1) is 0 Å². The Morgan fingerprint density at radius 2 is 2.26 bits per heavy atom. The molecule has 0 spiro atoms. The van der Waals surface area contributed by atoms with Gasteiger partial charge in [0.2, 0.25) is 0 Å². The zero-order chi connectivity index (χ0) is 13.1. The summed E-state index contributed by atoms with van der Waals surface area (Å²) < 4.78 is 1.35. The Hall–Kier alpha value is -2.70. The van der Waals surface area contributed by atoms with Crippen LogP contribution in [0.1, 0.15) is 5.69 Å². The minimum absolute atomic E-state index is 0.289. The molecule has 0 fully saturated rings. The highest BCUT2D eigenvalue weighted by Gasteiger charge is 2.02. The lowest BCUT2D eigenvalue weighted by Gasteiger charge is -2.04. The van der Waals surface area contributed by atoms with E-state index in [0.29, 0.717) is 11.5 Å². The zero-order valence-corrected chi connectivity index (χ0v) is 10.1. The molecule has 0 saturated carbocycles. The Morgan fingerprint density at radius 1 is 1.32 bits per heavy atom. The average Bonchev–Trinajstić information content (AvgIpc) is 2.81. The van der Waals surface area contributed by atoms with E-state index in [1.54, 1.807) is 12.3 Å². The Labute approximate surface area is 108 Å². The molecule has 0 radical (unpaired) electrons. The van der Waals surface area contributed by atoms with Crippen molar-refractivity contribution in [2.24, 2.45) is 0 Å². The second-order valence-corrected chi connectivity index (χ2v) is 4.03. The molecule has 7 nitrogen and oxygen atoms in total. The van der Waals surface area contributed by atoms with Crippen molar-refractivity contribution < 1.29 is 0 Å². The molecule has 19 heavy (non-hydrogen) atoms. The number of hydrogen-bond donors (Lipinski definition) is 2. The monoisotopic (exact) mass is 256 g/mol. The number of pyridine rings is 1. The number of anilines is 1. The first kappa shape index (κ1) is 11.4. The molecular weight excluding hydrogens is 244 g/mol. The number of hydrogen-bond acceptors (Lipinski definition) is 5. The van der Waals surface area contributed by atoms with Gasteiger partial charge in [-0.2, -0.15) is 5.10 Å². The molecule has 3 aromatic heterocycles. The highest BCUT2D eigenvalue weighted by atomic mass is 16.1. The predicted octanol–water partition coefficient (Wildman–Crippen LogP) is 0.467. The summed E-state index contributed by atoms with van der Waals surface area (Å²) in [5.74, 6) is 0.683. The van der Waals surface area contributed by atoms with Crippen LogP contribution in [-0.4, -0.2) is 31.1 Å². The zero-order valence-electron chi connectivity index (χ0n) is 10.1. The van der Waals surface area contributed by atoms with E-state index in [9.17, 15) is 4.79 Å². The molecule has 0 unspecified atom stereocenters. The summed E-state index contributed by atoms with van der Waals surface area (Å²) >= 11 is 0. The maximum atomic E-state index is 11.3. The van der Waals surface area contributed by atoms with Gasteiger partial charge in [0, 0.05) is 30.9 Å². The van der Waals surface area contributed by atoms with Crippen LogP contribution in [0.15, 0.2) is 41.6 Å². The molecule has 96 valence electrons. The van der Waals surface area contributed by atoms with Crippen molar-refractivity contribution in [1.29, 1.82) is 0 Å². The van der Waals surface area contributed by atoms with Crippen LogP contribution in [-0.2, 0) is 6.42 Å². The van der Waals surface area contributed by atoms with E-state index in [2.05, 4.69) is 25.5 Å². The van der Waals surface area contributed by atoms with E-state index in [0.717, 1.165) is 18.7 Å². The van der Waals surface area contributed by atoms with Gasteiger partial charge in [0.15, 0.2) is 5.65 Å². The maximum absolute atomic E-state index is 11.3. The van der Waals surface area contributed by atoms with Gasteiger partial charge < -0.3 is 5.32 Å². The second kappa shape index (κ2) is 4.89. The Bertz CT molecular complexity index is 733. The van der Waals surface area contributed by atoms with Crippen LogP contribution in [0.3, 0.4) is 0 Å². The number of nitrogens with one attached hydrogen (secondary N) is 2. The summed E-state index contributed by atoms with van der Waals surface area (Å²) in [7, 11) is 0. The van der Waals surface area contributed by atoms with Crippen LogP contribution in [0, 0.1) is 0 Å². The summed E-state index contributed by atoms with van der Waals surface area (Å²) in [6.07, 6.45) is 4.03. The standard InChI is InChI=1S/C12H12N6O/c19-12-17-16-11-7-10(15-8-18(11)12)14-6-4-9-3-1-2-5-13-9/h1-3,5,7-8,14H,4,6H2,(H,17,19). The highest BCUT2D eigenvalue weighted by molar-refractivity contribution is 5.48. The van der Waals surface area contributed by atoms with Gasteiger partial charge in [0.1, 0.15) is 12.1 Å². The molecule has 0 aliphatic heterocycles. The molecule has 0 bridgehead atoms. The summed E-state index contributed by atoms with van der Waals surface area (Å²) in [6.45, 7) is 0.717. The van der Waals surface area contributed by atoms with Gasteiger partial charge in [-0.05, 0) is 12.1 Å². The van der Waals surface area contributed by atoms with E-state index in [-0.39, 0.29) is 5.69 Å². The van der Waals surface area contributed by atoms with Crippen LogP contribution < -0.4 is 11.0 Å². The quantitative estimate of drug-likeness (QED) is 0.708. The molecule has 7 heteroatoms. The summed E-state index contributed by atoms with van der Waals surface area (Å²) in [5, 5.41) is 9.42. The number of H-pyrrole nitrogens is 1. The Kier molecular flexibility index (Phi) is 2.93. The number of aromatic nitrogens is 5. The minimum atomic E-state index is -0.289. The molecule has 0 aliphatic rings. The largest absolute Gasteiger partial charge is 0.370 e. The first-order chi connectivity index (χ1) is 9.33. The van der Waals surface area contributed by atoms with Gasteiger partial charge in [-0.1, -0.05) is 6.07 Å². The van der Waals surface area contributed by atoms with Crippen LogP contribution in [0.2, 0.25) is 0 Å². The number of nitrogens with zero attached hydrogens (tertiary/aromatic N) is 4. The fraction of sp³-hybridized carbons (Fsp3) is 0.167. The summed E-state index contributed by atoms with van der Waals surface area (Å²) in [4.78, 5) is 19.6. The normalized spacial score (nSPS) is 10.7. The van der Waals surface area contributed by atoms with Crippen LogP contribution in [0.25, 0.3) is 5.65 Å². The van der Waals surface area contributed by atoms with Gasteiger partial charge in [-0.3, -0.25) is 4.98 Å². The molecule has 0 aromatic carbocycles. The number of aromatic amines is 1. The smallest absolute Gasteiger partial charge is 0.348 e. The van der Waals surface area contributed by atoms with E-state index >= 15 is 0 Å². The van der Waals surface area contributed by atoms with Crippen LogP contribution in [0.4, 0.5) is 5.82 Å². The van der Waals surface area contributed by atoms with Crippen molar-refractivity contribution in [1.82, 2.24) is 24.6 Å². The van der Waals surface area contributed by atoms with Crippen molar-refractivity contribution >= 4 is 11.5 Å². The Morgan fingerprint density at radius 3 is 3.11 bits per heavy atom. The first-order valence-corrected chi connectivity index (χ1v) is 5.89. The van der Waals surface area contributed by atoms with Crippen LogP contribution in [0.5, 0.6) is 0 Å². The first-order valence-electron chi connectivity index (χ1n) is 5.89. The average molecular weight is 256 g/mol. The lowest BCUT2D eigenvalue weighted by Crippen LogP contribution is -2.11. The molecule has 3 rings (SSSR count). The highest BCUT2D eigenvalue weighted by Crippen LogP contribution is 2.04. The lowest BCUT2D eigenvalue weighted by atomic mass is 10.3. The Balaban J connectivity index is 1.67. The third-order valence-corrected chi connectivity index (χ3v) is 2.72. The minimum Gasteiger partial charge on any atom is -0.370 e. The topological polar surface area (TPSA) is 88.0 Å². The van der Waals surface area contributed by atoms with Crippen molar-refractivity contribution in [3.05, 3.63) is 53.0 Å². The van der Waals surface area contributed by atoms with E-state index in [1.807, 2.05) is 18.2 Å². The maximum Gasteiger partial charge on any atom is 0.348 e. The van der Waals surface area contributed by atoms with Crippen molar-refractivity contribution in [2.75, 3.05) is 11.9 Å². The number of fused-ring (bicyclic) bond motifs is 1. The summed E-state index contributed by atoms with van der Waals surface area (Å²) in [5.41, 5.74) is 1.27. The molecule has 2 N–H and O–H groups in total. The fourth-order valence-electron chi connectivity index (χ4n) is 1.77. The molecule has 3 heterocycles. The molecular formula is C12H12N6O. The van der Waals surface area contributed by atoms with Crippen molar-refractivity contribution in [3.63, 3.8) is 0 Å². The van der Waals surface area contributed by atoms with E-state index in [1.165, 1.54) is 10.7 Å². The van der Waals surface area contributed by atoms with Crippen molar-refractivity contribution in [2.45, 2.75) is 6.42 Å². The van der Waals surface area contributed by atoms with E-state index in [4.69, 9.17) is 0 Å². The van der Waals surface area contributed by atoms with Gasteiger partial charge in [-0.25, -0.2) is 19.3 Å². The fourth-order valence-corrected chi connectivity index (χ4v) is 1.77. The molecule has 0 amide bonds. The molecule has 3 aromatic rings. The summed E-state index contributed by atoms with van der Waals surface area (Å²) in [6, 6.07) is 7.55. The van der Waals surface area contributed by atoms with E-state index < -0.39 is 0 Å². The van der Waals surface area contributed by atoms with Gasteiger partial charge >= 0.3 is 5.69 Å². The third kappa shape index (κ3) is 2.44. The molecule has 0 saturated heterocycles. The predicted molar refractivity (Wildman–Crippen MR) is 70.0 cm³/mol. The lowest BCUT2D eigenvalue weighted by molar-refractivity contribution is 0.944. The molecule has 0 aliphatic carbocycles. The third-order valence-electron chi connectivity index (χ3n) is 2.72. The number of rotatable bonds is 4. The second-order valence-electron chi connectivity index (χ2n) is 4.03.